The number of aromatic nitrogens is 3. The fourth-order valence-corrected chi connectivity index (χ4v) is 3.49. The van der Waals surface area contributed by atoms with E-state index in [1.54, 1.807) is 0 Å². The minimum absolute atomic E-state index is 0.104. The van der Waals surface area contributed by atoms with Gasteiger partial charge in [-0.2, -0.15) is 18.3 Å². The smallest absolute Gasteiger partial charge is 0.372 e. The van der Waals surface area contributed by atoms with Gasteiger partial charge in [-0.1, -0.05) is 25.4 Å². The monoisotopic (exact) mass is 447 g/mol. The molecule has 1 heterocycles. The molecular formula is C18H21ClF3N5OS. The molecule has 0 spiro atoms. The van der Waals surface area contributed by atoms with Gasteiger partial charge in [-0.15, -0.1) is 0 Å². The Morgan fingerprint density at radius 3 is 2.66 bits per heavy atom. The Morgan fingerprint density at radius 1 is 1.41 bits per heavy atom. The number of hydrogen-bond donors (Lipinski definition) is 3. The first-order chi connectivity index (χ1) is 13.6. The van der Waals surface area contributed by atoms with Gasteiger partial charge in [0.05, 0.1) is 22.8 Å². The molecule has 0 aliphatic heterocycles. The Kier molecular flexibility index (Phi) is 6.23. The van der Waals surface area contributed by atoms with Crippen molar-refractivity contribution in [2.24, 2.45) is 5.92 Å². The molecule has 1 aliphatic carbocycles. The number of nitrogens with one attached hydrogen (secondary N) is 3. The lowest BCUT2D eigenvalue weighted by Gasteiger charge is -2.23. The minimum atomic E-state index is -4.49. The third kappa shape index (κ3) is 5.11. The zero-order chi connectivity index (χ0) is 21.3. The normalized spacial score (nSPS) is 15.4. The number of alkyl halides is 3. The quantitative estimate of drug-likeness (QED) is 0.538. The van der Waals surface area contributed by atoms with E-state index in [1.165, 1.54) is 6.07 Å². The highest BCUT2D eigenvalue weighted by atomic mass is 35.5. The maximum atomic E-state index is 12.8. The van der Waals surface area contributed by atoms with Gasteiger partial charge in [-0.3, -0.25) is 14.5 Å². The van der Waals surface area contributed by atoms with E-state index in [2.05, 4.69) is 20.8 Å². The summed E-state index contributed by atoms with van der Waals surface area (Å²) in [6, 6.07) is 2.62. The van der Waals surface area contributed by atoms with Crippen LogP contribution in [0.1, 0.15) is 44.1 Å². The molecule has 1 aliphatic rings. The van der Waals surface area contributed by atoms with Crippen LogP contribution in [0.2, 0.25) is 5.02 Å². The number of halogens is 4. The minimum Gasteiger partial charge on any atom is -0.372 e. The number of H-pyrrole nitrogens is 1. The molecule has 1 atom stereocenters. The van der Waals surface area contributed by atoms with E-state index < -0.39 is 17.8 Å². The van der Waals surface area contributed by atoms with Crippen molar-refractivity contribution in [3.63, 3.8) is 0 Å². The average molecular weight is 448 g/mol. The number of aromatic amines is 1. The van der Waals surface area contributed by atoms with Gasteiger partial charge in [0, 0.05) is 6.04 Å². The molecule has 0 unspecified atom stereocenters. The number of nitrogens with zero attached hydrogens (tertiary/aromatic N) is 2. The Balaban J connectivity index is 1.70. The van der Waals surface area contributed by atoms with Gasteiger partial charge >= 0.3 is 6.18 Å². The highest BCUT2D eigenvalue weighted by Gasteiger charge is 2.32. The van der Waals surface area contributed by atoms with Crippen LogP contribution in [0.15, 0.2) is 18.2 Å². The first kappa shape index (κ1) is 21.6. The molecular weight excluding hydrogens is 427 g/mol. The van der Waals surface area contributed by atoms with Gasteiger partial charge in [0.2, 0.25) is 5.91 Å². The van der Waals surface area contributed by atoms with Crippen molar-refractivity contribution < 1.29 is 18.0 Å². The van der Waals surface area contributed by atoms with Crippen LogP contribution in [0, 0.1) is 10.7 Å². The number of carbonyl (C=O) groups is 1. The lowest BCUT2D eigenvalue weighted by molar-refractivity contribution is -0.137. The molecule has 158 valence electrons. The molecule has 1 aromatic carbocycles. The molecule has 0 saturated heterocycles. The molecule has 0 radical (unpaired) electrons. The van der Waals surface area contributed by atoms with E-state index in [4.69, 9.17) is 23.8 Å². The summed E-state index contributed by atoms with van der Waals surface area (Å²) >= 11 is 11.2. The predicted octanol–water partition coefficient (Wildman–Crippen LogP) is 4.70. The first-order valence-corrected chi connectivity index (χ1v) is 9.93. The Bertz CT molecular complexity index is 952. The second-order valence-corrected chi connectivity index (χ2v) is 8.12. The molecule has 2 aromatic rings. The van der Waals surface area contributed by atoms with E-state index >= 15 is 0 Å². The summed E-state index contributed by atoms with van der Waals surface area (Å²) in [5.41, 5.74) is -0.587. The average Bonchev–Trinajstić information content (AvgIpc) is 3.40. The van der Waals surface area contributed by atoms with Crippen molar-refractivity contribution >= 4 is 35.4 Å². The number of amides is 1. The number of benzene rings is 1. The van der Waals surface area contributed by atoms with Crippen molar-refractivity contribution in [3.8, 4) is 0 Å². The van der Waals surface area contributed by atoms with Crippen LogP contribution in [0.5, 0.6) is 0 Å². The fourth-order valence-electron chi connectivity index (χ4n) is 2.96. The largest absolute Gasteiger partial charge is 0.416 e. The number of anilines is 1. The van der Waals surface area contributed by atoms with Crippen molar-refractivity contribution in [2.45, 2.75) is 51.5 Å². The standard InChI is InChI=1S/C18H21ClF3N5OS/c1-9(2)15(24-13-6-3-10(7-12(13)19)18(20,21)22)16(28)23-8-14-25-26-17(29)27(14)11-4-5-11/h3,6-7,9,11,15,24H,4-5,8H2,1-2H3,(H,23,28)(H,26,29)/t15-/m0/s1. The van der Waals surface area contributed by atoms with Crippen LogP contribution >= 0.6 is 23.8 Å². The molecule has 29 heavy (non-hydrogen) atoms. The molecule has 1 aromatic heterocycles. The number of hydrogen-bond acceptors (Lipinski definition) is 4. The molecule has 1 saturated carbocycles. The SMILES string of the molecule is CC(C)[C@H](Nc1ccc(C(F)(F)F)cc1Cl)C(=O)NCc1n[nH]c(=S)n1C1CC1. The van der Waals surface area contributed by atoms with Gasteiger partial charge in [-0.05, 0) is 49.2 Å². The van der Waals surface area contributed by atoms with E-state index in [-0.39, 0.29) is 29.1 Å². The number of carbonyl (C=O) groups excluding carboxylic acids is 1. The van der Waals surface area contributed by atoms with Gasteiger partial charge in [-0.25, -0.2) is 0 Å². The Morgan fingerprint density at radius 2 is 2.10 bits per heavy atom. The topological polar surface area (TPSA) is 74.7 Å². The highest BCUT2D eigenvalue weighted by Crippen LogP contribution is 2.36. The van der Waals surface area contributed by atoms with Crippen molar-refractivity contribution in [3.05, 3.63) is 39.4 Å². The van der Waals surface area contributed by atoms with Crippen molar-refractivity contribution in [2.75, 3.05) is 5.32 Å². The lowest BCUT2D eigenvalue weighted by atomic mass is 10.0. The van der Waals surface area contributed by atoms with E-state index in [0.29, 0.717) is 16.6 Å². The summed E-state index contributed by atoms with van der Waals surface area (Å²) in [6.07, 6.45) is -2.43. The van der Waals surface area contributed by atoms with Crippen molar-refractivity contribution in [1.29, 1.82) is 0 Å². The molecule has 11 heteroatoms. The third-order valence-corrected chi connectivity index (χ3v) is 5.27. The molecule has 1 amide bonds. The van der Waals surface area contributed by atoms with E-state index in [9.17, 15) is 18.0 Å². The lowest BCUT2D eigenvalue weighted by Crippen LogP contribution is -2.43. The van der Waals surface area contributed by atoms with Gasteiger partial charge < -0.3 is 10.6 Å². The second-order valence-electron chi connectivity index (χ2n) is 7.32. The van der Waals surface area contributed by atoms with Crippen LogP contribution in [-0.4, -0.2) is 26.7 Å². The summed E-state index contributed by atoms with van der Waals surface area (Å²) in [6.45, 7) is 3.85. The first-order valence-electron chi connectivity index (χ1n) is 9.14. The summed E-state index contributed by atoms with van der Waals surface area (Å²) < 4.78 is 40.9. The second kappa shape index (κ2) is 8.35. The van der Waals surface area contributed by atoms with Gasteiger partial charge in [0.25, 0.3) is 0 Å². The maximum Gasteiger partial charge on any atom is 0.416 e. The van der Waals surface area contributed by atoms with E-state index in [0.717, 1.165) is 25.0 Å². The molecule has 1 fully saturated rings. The van der Waals surface area contributed by atoms with Crippen LogP contribution in [0.25, 0.3) is 0 Å². The zero-order valence-electron chi connectivity index (χ0n) is 15.8. The summed E-state index contributed by atoms with van der Waals surface area (Å²) in [7, 11) is 0. The number of rotatable bonds is 7. The zero-order valence-corrected chi connectivity index (χ0v) is 17.4. The summed E-state index contributed by atoms with van der Waals surface area (Å²) in [4.78, 5) is 12.7. The Hall–Kier alpha value is -2.07. The van der Waals surface area contributed by atoms with Crippen molar-refractivity contribution in [1.82, 2.24) is 20.1 Å². The maximum absolute atomic E-state index is 12.8. The van der Waals surface area contributed by atoms with Crippen LogP contribution < -0.4 is 10.6 Å². The summed E-state index contributed by atoms with van der Waals surface area (Å²) in [5, 5.41) is 12.6. The summed E-state index contributed by atoms with van der Waals surface area (Å²) in [5.74, 6) is 0.186. The molecule has 0 bridgehead atoms. The third-order valence-electron chi connectivity index (χ3n) is 4.67. The van der Waals surface area contributed by atoms with Crippen LogP contribution in [0.4, 0.5) is 18.9 Å². The van der Waals surface area contributed by atoms with E-state index in [1.807, 2.05) is 18.4 Å². The molecule has 3 rings (SSSR count). The fraction of sp³-hybridized carbons (Fsp3) is 0.500. The molecule has 6 nitrogen and oxygen atoms in total. The van der Waals surface area contributed by atoms with Crippen LogP contribution in [-0.2, 0) is 17.5 Å². The van der Waals surface area contributed by atoms with Gasteiger partial charge in [0.15, 0.2) is 10.6 Å². The molecule has 3 N–H and O–H groups in total. The Labute approximate surface area is 175 Å². The highest BCUT2D eigenvalue weighted by molar-refractivity contribution is 7.71. The predicted molar refractivity (Wildman–Crippen MR) is 106 cm³/mol. The van der Waals surface area contributed by atoms with Gasteiger partial charge in [0.1, 0.15) is 6.04 Å². The van der Waals surface area contributed by atoms with Crippen LogP contribution in [0.3, 0.4) is 0 Å².